The number of carbonyl (C=O) groups excluding carboxylic acids is 1. The number of benzene rings is 2. The number of anilines is 1. The smallest absolute Gasteiger partial charge is 0.234 e. The molecule has 0 aliphatic carbocycles. The Kier molecular flexibility index (Phi) is 6.19. The third-order valence-corrected chi connectivity index (χ3v) is 5.11. The van der Waals surface area contributed by atoms with Crippen LogP contribution in [-0.4, -0.2) is 26.4 Å². The second kappa shape index (κ2) is 8.58. The number of halogens is 2. The molecule has 0 aliphatic heterocycles. The van der Waals surface area contributed by atoms with E-state index in [1.54, 1.807) is 12.1 Å². The minimum absolute atomic E-state index is 0.0991. The summed E-state index contributed by atoms with van der Waals surface area (Å²) >= 11 is 13.6. The lowest BCUT2D eigenvalue weighted by atomic mass is 10.2. The summed E-state index contributed by atoms with van der Waals surface area (Å²) in [5, 5.41) is 13.0. The predicted octanol–water partition coefficient (Wildman–Crippen LogP) is 5.00. The van der Waals surface area contributed by atoms with Gasteiger partial charge in [0, 0.05) is 22.8 Å². The maximum absolute atomic E-state index is 12.1. The van der Waals surface area contributed by atoms with Crippen LogP contribution in [0, 0.1) is 0 Å². The van der Waals surface area contributed by atoms with Crippen molar-refractivity contribution in [2.75, 3.05) is 11.1 Å². The minimum atomic E-state index is -0.0991. The van der Waals surface area contributed by atoms with Crippen LogP contribution in [0.25, 0.3) is 11.4 Å². The van der Waals surface area contributed by atoms with Gasteiger partial charge in [-0.05, 0) is 37.3 Å². The quantitative estimate of drug-likeness (QED) is 0.584. The van der Waals surface area contributed by atoms with Crippen molar-refractivity contribution in [1.82, 2.24) is 14.8 Å². The Hall–Kier alpha value is -2.02. The van der Waals surface area contributed by atoms with Gasteiger partial charge in [-0.25, -0.2) is 0 Å². The first-order chi connectivity index (χ1) is 12.6. The first-order valence-corrected chi connectivity index (χ1v) is 9.69. The van der Waals surface area contributed by atoms with Crippen LogP contribution < -0.4 is 5.32 Å². The highest BCUT2D eigenvalue weighted by atomic mass is 35.5. The molecule has 3 aromatic rings. The van der Waals surface area contributed by atoms with Crippen LogP contribution in [0.3, 0.4) is 0 Å². The molecule has 2 aromatic carbocycles. The Balaban J connectivity index is 1.73. The standard InChI is InChI=1S/C18H16Cl2N4OS/c1-2-24-17(14-9-8-12(19)10-15(14)20)22-23-18(24)26-11-16(25)21-13-6-4-3-5-7-13/h3-10H,2,11H2,1H3,(H,21,25). The third kappa shape index (κ3) is 4.38. The lowest BCUT2D eigenvalue weighted by molar-refractivity contribution is -0.113. The maximum Gasteiger partial charge on any atom is 0.234 e. The molecule has 0 bridgehead atoms. The van der Waals surface area contributed by atoms with E-state index in [2.05, 4.69) is 15.5 Å². The van der Waals surface area contributed by atoms with Crippen LogP contribution in [0.15, 0.2) is 53.7 Å². The first kappa shape index (κ1) is 18.8. The van der Waals surface area contributed by atoms with E-state index in [-0.39, 0.29) is 11.7 Å². The van der Waals surface area contributed by atoms with Gasteiger partial charge in [-0.3, -0.25) is 4.79 Å². The summed E-state index contributed by atoms with van der Waals surface area (Å²) in [6, 6.07) is 14.6. The molecule has 0 saturated heterocycles. The number of amides is 1. The number of hydrogen-bond acceptors (Lipinski definition) is 4. The lowest BCUT2D eigenvalue weighted by Crippen LogP contribution is -2.14. The number of nitrogens with zero attached hydrogens (tertiary/aromatic N) is 3. The molecule has 0 fully saturated rings. The molecule has 0 unspecified atom stereocenters. The van der Waals surface area contributed by atoms with Crippen LogP contribution in [-0.2, 0) is 11.3 Å². The Morgan fingerprint density at radius 2 is 1.92 bits per heavy atom. The van der Waals surface area contributed by atoms with Crippen LogP contribution in [0.2, 0.25) is 10.0 Å². The highest BCUT2D eigenvalue weighted by Gasteiger charge is 2.16. The third-order valence-electron chi connectivity index (χ3n) is 3.60. The lowest BCUT2D eigenvalue weighted by Gasteiger charge is -2.09. The van der Waals surface area contributed by atoms with E-state index < -0.39 is 0 Å². The van der Waals surface area contributed by atoms with Gasteiger partial charge in [-0.2, -0.15) is 0 Å². The number of hydrogen-bond donors (Lipinski definition) is 1. The topological polar surface area (TPSA) is 59.8 Å². The highest BCUT2D eigenvalue weighted by molar-refractivity contribution is 7.99. The van der Waals surface area contributed by atoms with E-state index in [9.17, 15) is 4.79 Å². The van der Waals surface area contributed by atoms with Crippen LogP contribution >= 0.6 is 35.0 Å². The van der Waals surface area contributed by atoms with Gasteiger partial charge < -0.3 is 9.88 Å². The van der Waals surface area contributed by atoms with Crippen molar-refractivity contribution < 1.29 is 4.79 Å². The predicted molar refractivity (Wildman–Crippen MR) is 107 cm³/mol. The van der Waals surface area contributed by atoms with Crippen LogP contribution in [0.5, 0.6) is 0 Å². The van der Waals surface area contributed by atoms with Crippen molar-refractivity contribution in [3.63, 3.8) is 0 Å². The summed E-state index contributed by atoms with van der Waals surface area (Å²) in [6.45, 7) is 2.65. The number of rotatable bonds is 6. The van der Waals surface area contributed by atoms with Crippen molar-refractivity contribution in [3.8, 4) is 11.4 Å². The molecule has 1 amide bonds. The first-order valence-electron chi connectivity index (χ1n) is 7.94. The van der Waals surface area contributed by atoms with Gasteiger partial charge in [-0.15, -0.1) is 10.2 Å². The van der Waals surface area contributed by atoms with E-state index in [0.717, 1.165) is 11.3 Å². The molecule has 1 N–H and O–H groups in total. The van der Waals surface area contributed by atoms with Crippen molar-refractivity contribution >= 4 is 46.6 Å². The number of nitrogens with one attached hydrogen (secondary N) is 1. The van der Waals surface area contributed by atoms with Gasteiger partial charge in [0.05, 0.1) is 10.8 Å². The molecule has 0 atom stereocenters. The average molecular weight is 407 g/mol. The van der Waals surface area contributed by atoms with Crippen molar-refractivity contribution in [2.45, 2.75) is 18.6 Å². The molecule has 1 heterocycles. The van der Waals surface area contributed by atoms with Crippen molar-refractivity contribution in [3.05, 3.63) is 58.6 Å². The average Bonchev–Trinajstić information content (AvgIpc) is 3.03. The Morgan fingerprint density at radius 1 is 1.15 bits per heavy atom. The second-order valence-electron chi connectivity index (χ2n) is 5.38. The monoisotopic (exact) mass is 406 g/mol. The molecule has 0 aliphatic rings. The van der Waals surface area contributed by atoms with Gasteiger partial charge in [0.2, 0.25) is 5.91 Å². The summed E-state index contributed by atoms with van der Waals surface area (Å²) < 4.78 is 1.93. The van der Waals surface area contributed by atoms with Gasteiger partial charge in [-0.1, -0.05) is 53.2 Å². The number of para-hydroxylation sites is 1. The molecular weight excluding hydrogens is 391 g/mol. The molecule has 5 nitrogen and oxygen atoms in total. The van der Waals surface area contributed by atoms with Crippen LogP contribution in [0.4, 0.5) is 5.69 Å². The minimum Gasteiger partial charge on any atom is -0.325 e. The zero-order valence-corrected chi connectivity index (χ0v) is 16.3. The number of aromatic nitrogens is 3. The van der Waals surface area contributed by atoms with E-state index in [1.165, 1.54) is 11.8 Å². The zero-order valence-electron chi connectivity index (χ0n) is 13.9. The fourth-order valence-corrected chi connectivity index (χ4v) is 3.69. The van der Waals surface area contributed by atoms with Crippen molar-refractivity contribution in [1.29, 1.82) is 0 Å². The molecule has 0 spiro atoms. The summed E-state index contributed by atoms with van der Waals surface area (Å²) in [5.74, 6) is 0.791. The summed E-state index contributed by atoms with van der Waals surface area (Å²) in [6.07, 6.45) is 0. The summed E-state index contributed by atoms with van der Waals surface area (Å²) in [5.41, 5.74) is 1.52. The van der Waals surface area contributed by atoms with Gasteiger partial charge in [0.25, 0.3) is 0 Å². The molecule has 1 aromatic heterocycles. The summed E-state index contributed by atoms with van der Waals surface area (Å²) in [7, 11) is 0. The van der Waals surface area contributed by atoms with Gasteiger partial charge in [0.15, 0.2) is 11.0 Å². The highest BCUT2D eigenvalue weighted by Crippen LogP contribution is 2.31. The SMILES string of the molecule is CCn1c(SCC(=O)Nc2ccccc2)nnc1-c1ccc(Cl)cc1Cl. The fourth-order valence-electron chi connectivity index (χ4n) is 2.40. The van der Waals surface area contributed by atoms with Gasteiger partial charge >= 0.3 is 0 Å². The Bertz CT molecular complexity index is 915. The molecule has 8 heteroatoms. The normalized spacial score (nSPS) is 10.7. The fraction of sp³-hybridized carbons (Fsp3) is 0.167. The zero-order chi connectivity index (χ0) is 18.5. The van der Waals surface area contributed by atoms with Crippen LogP contribution in [0.1, 0.15) is 6.92 Å². The molecule has 134 valence electrons. The molecule has 3 rings (SSSR count). The second-order valence-corrected chi connectivity index (χ2v) is 7.16. The Labute approximate surface area is 165 Å². The van der Waals surface area contributed by atoms with E-state index in [0.29, 0.717) is 27.6 Å². The van der Waals surface area contributed by atoms with E-state index in [1.807, 2.05) is 47.9 Å². The largest absolute Gasteiger partial charge is 0.325 e. The van der Waals surface area contributed by atoms with E-state index >= 15 is 0 Å². The van der Waals surface area contributed by atoms with E-state index in [4.69, 9.17) is 23.2 Å². The Morgan fingerprint density at radius 3 is 2.62 bits per heavy atom. The summed E-state index contributed by atoms with van der Waals surface area (Å²) in [4.78, 5) is 12.1. The van der Waals surface area contributed by atoms with Gasteiger partial charge in [0.1, 0.15) is 0 Å². The molecule has 26 heavy (non-hydrogen) atoms. The molecule has 0 saturated carbocycles. The number of carbonyl (C=O) groups is 1. The molecule has 0 radical (unpaired) electrons. The van der Waals surface area contributed by atoms with Crippen molar-refractivity contribution in [2.24, 2.45) is 0 Å². The number of thioether (sulfide) groups is 1. The molecular formula is C18H16Cl2N4OS. The maximum atomic E-state index is 12.1.